The first-order valence-electron chi connectivity index (χ1n) is 7.79. The number of anilines is 1. The van der Waals surface area contributed by atoms with Crippen LogP contribution in [0.15, 0.2) is 59.1 Å². The standard InChI is InChI=1S/C19H17BrN2O2S/c1-12-17(18(25-22-12)15-8-10-16(20)11-9-15)21-19(23)24-13(2)14-6-4-3-5-7-14/h3-11,13H,1-2H3,(H,21,23). The van der Waals surface area contributed by atoms with Gasteiger partial charge < -0.3 is 4.74 Å². The number of carbonyl (C=O) groups excluding carboxylic acids is 1. The fourth-order valence-corrected chi connectivity index (χ4v) is 3.51. The van der Waals surface area contributed by atoms with Crippen molar-refractivity contribution in [2.24, 2.45) is 0 Å². The molecule has 1 amide bonds. The summed E-state index contributed by atoms with van der Waals surface area (Å²) in [5.41, 5.74) is 3.41. The molecule has 4 nitrogen and oxygen atoms in total. The molecule has 25 heavy (non-hydrogen) atoms. The van der Waals surface area contributed by atoms with Crippen molar-refractivity contribution in [3.63, 3.8) is 0 Å². The highest BCUT2D eigenvalue weighted by atomic mass is 79.9. The van der Waals surface area contributed by atoms with E-state index in [-0.39, 0.29) is 6.10 Å². The highest BCUT2D eigenvalue weighted by Crippen LogP contribution is 2.35. The van der Waals surface area contributed by atoms with Crippen molar-refractivity contribution in [3.05, 3.63) is 70.3 Å². The smallest absolute Gasteiger partial charge is 0.412 e. The zero-order valence-electron chi connectivity index (χ0n) is 13.8. The average Bonchev–Trinajstić information content (AvgIpc) is 2.97. The number of aromatic nitrogens is 1. The van der Waals surface area contributed by atoms with Crippen LogP contribution in [0.3, 0.4) is 0 Å². The SMILES string of the molecule is Cc1nsc(-c2ccc(Br)cc2)c1NC(=O)OC(C)c1ccccc1. The molecule has 1 heterocycles. The molecule has 0 radical (unpaired) electrons. The lowest BCUT2D eigenvalue weighted by molar-refractivity contribution is 0.121. The lowest BCUT2D eigenvalue weighted by Gasteiger charge is -2.14. The van der Waals surface area contributed by atoms with Gasteiger partial charge in [-0.05, 0) is 48.6 Å². The molecule has 0 aliphatic rings. The molecule has 128 valence electrons. The predicted molar refractivity (Wildman–Crippen MR) is 105 cm³/mol. The average molecular weight is 417 g/mol. The molecule has 3 rings (SSSR count). The van der Waals surface area contributed by atoms with Crippen LogP contribution in [0.4, 0.5) is 10.5 Å². The summed E-state index contributed by atoms with van der Waals surface area (Å²) in [6, 6.07) is 17.5. The minimum atomic E-state index is -0.488. The Labute approximate surface area is 159 Å². The Morgan fingerprint density at radius 1 is 1.16 bits per heavy atom. The topological polar surface area (TPSA) is 51.2 Å². The van der Waals surface area contributed by atoms with Gasteiger partial charge in [-0.1, -0.05) is 58.4 Å². The Hall–Kier alpha value is -2.18. The van der Waals surface area contributed by atoms with Crippen LogP contribution in [0.25, 0.3) is 10.4 Å². The summed E-state index contributed by atoms with van der Waals surface area (Å²) in [5, 5.41) is 2.85. The van der Waals surface area contributed by atoms with Crippen LogP contribution < -0.4 is 5.32 Å². The normalized spacial score (nSPS) is 11.8. The summed E-state index contributed by atoms with van der Waals surface area (Å²) >= 11 is 4.79. The van der Waals surface area contributed by atoms with Crippen LogP contribution in [0.1, 0.15) is 24.3 Å². The van der Waals surface area contributed by atoms with Crippen molar-refractivity contribution in [2.45, 2.75) is 20.0 Å². The third-order valence-corrected chi connectivity index (χ3v) is 5.27. The van der Waals surface area contributed by atoms with Gasteiger partial charge in [0.25, 0.3) is 0 Å². The third kappa shape index (κ3) is 4.27. The number of ether oxygens (including phenoxy) is 1. The quantitative estimate of drug-likeness (QED) is 0.551. The third-order valence-electron chi connectivity index (χ3n) is 3.75. The number of hydrogen-bond donors (Lipinski definition) is 1. The first kappa shape index (κ1) is 17.6. The first-order chi connectivity index (χ1) is 12.0. The number of carbonyl (C=O) groups is 1. The van der Waals surface area contributed by atoms with Gasteiger partial charge in [-0.15, -0.1) is 0 Å². The van der Waals surface area contributed by atoms with Crippen LogP contribution in [0, 0.1) is 6.92 Å². The van der Waals surface area contributed by atoms with Crippen LogP contribution in [-0.4, -0.2) is 10.5 Å². The Morgan fingerprint density at radius 3 is 2.52 bits per heavy atom. The van der Waals surface area contributed by atoms with Gasteiger partial charge in [0.2, 0.25) is 0 Å². The molecule has 0 fully saturated rings. The maximum atomic E-state index is 12.3. The molecule has 0 aliphatic carbocycles. The molecule has 1 N–H and O–H groups in total. The van der Waals surface area contributed by atoms with Gasteiger partial charge in [0.15, 0.2) is 0 Å². The fourth-order valence-electron chi connectivity index (χ4n) is 2.40. The van der Waals surface area contributed by atoms with E-state index < -0.39 is 6.09 Å². The molecule has 6 heteroatoms. The van der Waals surface area contributed by atoms with E-state index in [9.17, 15) is 4.79 Å². The van der Waals surface area contributed by atoms with Gasteiger partial charge >= 0.3 is 6.09 Å². The Morgan fingerprint density at radius 2 is 1.84 bits per heavy atom. The van der Waals surface area contributed by atoms with E-state index in [1.165, 1.54) is 11.5 Å². The highest BCUT2D eigenvalue weighted by molar-refractivity contribution is 9.10. The highest BCUT2D eigenvalue weighted by Gasteiger charge is 2.18. The summed E-state index contributed by atoms with van der Waals surface area (Å²) in [7, 11) is 0. The van der Waals surface area contributed by atoms with Crippen LogP contribution in [0.5, 0.6) is 0 Å². The lowest BCUT2D eigenvalue weighted by Crippen LogP contribution is -2.16. The number of nitrogens with zero attached hydrogens (tertiary/aromatic N) is 1. The second kappa shape index (κ2) is 7.80. The second-order valence-corrected chi connectivity index (χ2v) is 7.25. The van der Waals surface area contributed by atoms with Gasteiger partial charge in [-0.2, -0.15) is 4.37 Å². The Balaban J connectivity index is 1.75. The number of amides is 1. The number of hydrogen-bond acceptors (Lipinski definition) is 4. The Kier molecular flexibility index (Phi) is 5.50. The van der Waals surface area contributed by atoms with Crippen molar-refractivity contribution in [1.82, 2.24) is 4.37 Å². The lowest BCUT2D eigenvalue weighted by atomic mass is 10.1. The van der Waals surface area contributed by atoms with Crippen LogP contribution >= 0.6 is 27.5 Å². The summed E-state index contributed by atoms with van der Waals surface area (Å²) in [6.45, 7) is 3.72. The number of aryl methyl sites for hydroxylation is 1. The molecular weight excluding hydrogens is 400 g/mol. The van der Waals surface area contributed by atoms with Gasteiger partial charge in [-0.25, -0.2) is 4.79 Å². The van der Waals surface area contributed by atoms with Crippen LogP contribution in [0.2, 0.25) is 0 Å². The van der Waals surface area contributed by atoms with E-state index in [1.807, 2.05) is 68.4 Å². The van der Waals surface area contributed by atoms with Gasteiger partial charge in [0.1, 0.15) is 6.10 Å². The van der Waals surface area contributed by atoms with Gasteiger partial charge in [0.05, 0.1) is 16.3 Å². The van der Waals surface area contributed by atoms with Gasteiger partial charge in [0, 0.05) is 4.47 Å². The number of nitrogens with one attached hydrogen (secondary N) is 1. The van der Waals surface area contributed by atoms with E-state index in [0.717, 1.165) is 26.2 Å². The largest absolute Gasteiger partial charge is 0.441 e. The van der Waals surface area contributed by atoms with E-state index in [2.05, 4.69) is 25.6 Å². The molecule has 0 aliphatic heterocycles. The van der Waals surface area contributed by atoms with Crippen molar-refractivity contribution >= 4 is 39.2 Å². The van der Waals surface area contributed by atoms with E-state index in [0.29, 0.717) is 5.69 Å². The summed E-state index contributed by atoms with van der Waals surface area (Å²) in [5.74, 6) is 0. The second-order valence-electron chi connectivity index (χ2n) is 5.56. The van der Waals surface area contributed by atoms with E-state index >= 15 is 0 Å². The maximum Gasteiger partial charge on any atom is 0.412 e. The summed E-state index contributed by atoms with van der Waals surface area (Å²) < 4.78 is 10.9. The zero-order valence-corrected chi connectivity index (χ0v) is 16.2. The molecular formula is C19H17BrN2O2S. The molecule has 3 aromatic rings. The monoisotopic (exact) mass is 416 g/mol. The van der Waals surface area contributed by atoms with E-state index in [1.54, 1.807) is 0 Å². The number of halogens is 1. The number of benzene rings is 2. The predicted octanol–water partition coefficient (Wildman–Crippen LogP) is 6.19. The molecule has 1 atom stereocenters. The maximum absolute atomic E-state index is 12.3. The zero-order chi connectivity index (χ0) is 17.8. The molecule has 1 unspecified atom stereocenters. The molecule has 0 spiro atoms. The summed E-state index contributed by atoms with van der Waals surface area (Å²) in [6.07, 6.45) is -0.817. The van der Waals surface area contributed by atoms with Gasteiger partial charge in [-0.3, -0.25) is 5.32 Å². The molecule has 0 saturated carbocycles. The van der Waals surface area contributed by atoms with E-state index in [4.69, 9.17) is 4.74 Å². The number of rotatable bonds is 4. The minimum absolute atomic E-state index is 0.329. The van der Waals surface area contributed by atoms with Crippen molar-refractivity contribution in [1.29, 1.82) is 0 Å². The first-order valence-corrected chi connectivity index (χ1v) is 9.36. The molecule has 1 aromatic heterocycles. The molecule has 0 saturated heterocycles. The Bertz CT molecular complexity index is 863. The van der Waals surface area contributed by atoms with Crippen molar-refractivity contribution in [2.75, 3.05) is 5.32 Å². The summed E-state index contributed by atoms with van der Waals surface area (Å²) in [4.78, 5) is 13.2. The van der Waals surface area contributed by atoms with Crippen LogP contribution in [-0.2, 0) is 4.74 Å². The molecule has 2 aromatic carbocycles. The fraction of sp³-hybridized carbons (Fsp3) is 0.158. The molecule has 0 bridgehead atoms. The minimum Gasteiger partial charge on any atom is -0.441 e. The van der Waals surface area contributed by atoms with Crippen molar-refractivity contribution < 1.29 is 9.53 Å². The van der Waals surface area contributed by atoms with Crippen molar-refractivity contribution in [3.8, 4) is 10.4 Å².